The molecule has 128 valence electrons. The summed E-state index contributed by atoms with van der Waals surface area (Å²) in [6, 6.07) is 4.27. The van der Waals surface area contributed by atoms with Crippen molar-refractivity contribution >= 4 is 11.4 Å². The van der Waals surface area contributed by atoms with E-state index in [-0.39, 0.29) is 11.2 Å². The number of nitrogens with zero attached hydrogens (tertiary/aromatic N) is 1. The Morgan fingerprint density at radius 2 is 2.12 bits per heavy atom. The lowest BCUT2D eigenvalue weighted by Gasteiger charge is -2.52. The van der Waals surface area contributed by atoms with Gasteiger partial charge in [-0.15, -0.1) is 0 Å². The normalized spacial score (nSPS) is 39.2. The van der Waals surface area contributed by atoms with Crippen LogP contribution in [-0.4, -0.2) is 10.8 Å². The Kier molecular flexibility index (Phi) is 3.38. The van der Waals surface area contributed by atoms with E-state index >= 15 is 0 Å². The van der Waals surface area contributed by atoms with Crippen LogP contribution in [0.25, 0.3) is 5.57 Å². The smallest absolute Gasteiger partial charge is 0.159 e. The fraction of sp³-hybridized carbons (Fsp3) is 0.478. The van der Waals surface area contributed by atoms with Crippen LogP contribution >= 0.6 is 0 Å². The molecule has 0 aliphatic heterocycles. The first-order chi connectivity index (χ1) is 12.2. The molecule has 25 heavy (non-hydrogen) atoms. The van der Waals surface area contributed by atoms with Gasteiger partial charge >= 0.3 is 0 Å². The summed E-state index contributed by atoms with van der Waals surface area (Å²) in [7, 11) is 0. The van der Waals surface area contributed by atoms with Gasteiger partial charge < -0.3 is 0 Å². The Balaban J connectivity index is 1.47. The number of hydrogen-bond acceptors (Lipinski definition) is 2. The van der Waals surface area contributed by atoms with Crippen molar-refractivity contribution in [2.75, 3.05) is 0 Å². The molecule has 2 nitrogen and oxygen atoms in total. The Labute approximate surface area is 149 Å². The second-order valence-corrected chi connectivity index (χ2v) is 8.53. The summed E-state index contributed by atoms with van der Waals surface area (Å²) in [5, 5.41) is 0. The predicted octanol–water partition coefficient (Wildman–Crippen LogP) is 4.99. The first kappa shape index (κ1) is 15.3. The number of aromatic nitrogens is 1. The van der Waals surface area contributed by atoms with Gasteiger partial charge in [0.25, 0.3) is 0 Å². The standard InChI is InChI=1S/C23H25NO/c1-23-11-10-19-18-7-5-17(25)13-15(18)4-6-20(19)22(23)9-8-21(23)16-3-2-12-24-14-16/h2-5,7-8,12,14,18-20,22H,6,9-11,13H2,1H3/t18-,19+,20+,22-,23+/m0/s1. The molecule has 0 bridgehead atoms. The van der Waals surface area contributed by atoms with E-state index < -0.39 is 0 Å². The fourth-order valence-corrected chi connectivity index (χ4v) is 6.26. The van der Waals surface area contributed by atoms with E-state index in [4.69, 9.17) is 0 Å². The summed E-state index contributed by atoms with van der Waals surface area (Å²) in [6.07, 6.45) is 18.4. The van der Waals surface area contributed by atoms with E-state index in [0.29, 0.717) is 12.3 Å². The molecule has 5 atom stereocenters. The molecule has 1 heterocycles. The molecule has 4 aliphatic rings. The van der Waals surface area contributed by atoms with E-state index in [0.717, 1.165) is 24.2 Å². The van der Waals surface area contributed by atoms with Crippen molar-refractivity contribution in [2.45, 2.75) is 39.0 Å². The molecule has 1 aromatic heterocycles. The van der Waals surface area contributed by atoms with E-state index in [1.807, 2.05) is 18.5 Å². The Hall–Kier alpha value is -1.96. The molecule has 2 heteroatoms. The van der Waals surface area contributed by atoms with Crippen molar-refractivity contribution in [3.8, 4) is 0 Å². The fourth-order valence-electron chi connectivity index (χ4n) is 6.26. The SMILES string of the molecule is C[C@]12CC[C@H]3[C@@H](CC=C4CC(=O)C=C[C@@H]43)[C@@H]1CC=C2c1cccnc1. The van der Waals surface area contributed by atoms with Gasteiger partial charge in [0.1, 0.15) is 0 Å². The van der Waals surface area contributed by atoms with Crippen molar-refractivity contribution in [3.63, 3.8) is 0 Å². The van der Waals surface area contributed by atoms with Gasteiger partial charge in [0.15, 0.2) is 5.78 Å². The third-order valence-electron chi connectivity index (χ3n) is 7.46. The summed E-state index contributed by atoms with van der Waals surface area (Å²) in [6.45, 7) is 2.49. The molecule has 0 amide bonds. The number of fused-ring (bicyclic) bond motifs is 5. The Bertz CT molecular complexity index is 803. The lowest BCUT2D eigenvalue weighted by molar-refractivity contribution is -0.114. The van der Waals surface area contributed by atoms with Crippen LogP contribution in [0.15, 0.2) is 54.4 Å². The molecule has 0 aromatic carbocycles. The number of carbonyl (C=O) groups excluding carboxylic acids is 1. The molecule has 1 fully saturated rings. The molecule has 1 aromatic rings. The molecule has 0 radical (unpaired) electrons. The molecule has 0 spiro atoms. The first-order valence-corrected chi connectivity index (χ1v) is 9.68. The maximum Gasteiger partial charge on any atom is 0.159 e. The van der Waals surface area contributed by atoms with Crippen LogP contribution in [0.2, 0.25) is 0 Å². The number of pyridine rings is 1. The second kappa shape index (κ2) is 5.52. The van der Waals surface area contributed by atoms with Gasteiger partial charge in [0, 0.05) is 24.7 Å². The average molecular weight is 331 g/mol. The number of hydrogen-bond donors (Lipinski definition) is 0. The average Bonchev–Trinajstić information content (AvgIpc) is 2.99. The van der Waals surface area contributed by atoms with Gasteiger partial charge in [-0.25, -0.2) is 0 Å². The van der Waals surface area contributed by atoms with Crippen LogP contribution in [0.3, 0.4) is 0 Å². The minimum atomic E-state index is 0.281. The summed E-state index contributed by atoms with van der Waals surface area (Å²) in [5.41, 5.74) is 4.51. The van der Waals surface area contributed by atoms with Gasteiger partial charge in [0.2, 0.25) is 0 Å². The maximum atomic E-state index is 11.8. The number of allylic oxidation sites excluding steroid dienone is 6. The molecular weight excluding hydrogens is 306 g/mol. The van der Waals surface area contributed by atoms with Crippen LogP contribution in [0.4, 0.5) is 0 Å². The van der Waals surface area contributed by atoms with E-state index in [1.54, 1.807) is 0 Å². The van der Waals surface area contributed by atoms with E-state index in [1.165, 1.54) is 36.0 Å². The zero-order valence-corrected chi connectivity index (χ0v) is 14.8. The third-order valence-corrected chi connectivity index (χ3v) is 7.46. The van der Waals surface area contributed by atoms with Crippen LogP contribution in [0.5, 0.6) is 0 Å². The van der Waals surface area contributed by atoms with Gasteiger partial charge in [-0.3, -0.25) is 9.78 Å². The largest absolute Gasteiger partial charge is 0.295 e. The highest BCUT2D eigenvalue weighted by atomic mass is 16.1. The number of carbonyl (C=O) groups is 1. The van der Waals surface area contributed by atoms with Crippen molar-refractivity contribution in [1.29, 1.82) is 0 Å². The molecule has 0 saturated heterocycles. The number of rotatable bonds is 1. The topological polar surface area (TPSA) is 30.0 Å². The first-order valence-electron chi connectivity index (χ1n) is 9.68. The van der Waals surface area contributed by atoms with Crippen LogP contribution in [-0.2, 0) is 4.79 Å². The minimum absolute atomic E-state index is 0.281. The van der Waals surface area contributed by atoms with Gasteiger partial charge in [-0.1, -0.05) is 36.8 Å². The predicted molar refractivity (Wildman–Crippen MR) is 99.6 cm³/mol. The highest BCUT2D eigenvalue weighted by Crippen LogP contribution is 2.62. The lowest BCUT2D eigenvalue weighted by atomic mass is 9.52. The Morgan fingerprint density at radius 1 is 1.20 bits per heavy atom. The van der Waals surface area contributed by atoms with Crippen molar-refractivity contribution < 1.29 is 4.79 Å². The second-order valence-electron chi connectivity index (χ2n) is 8.53. The van der Waals surface area contributed by atoms with Crippen LogP contribution < -0.4 is 0 Å². The van der Waals surface area contributed by atoms with Crippen molar-refractivity contribution in [3.05, 3.63) is 60.0 Å². The molecule has 1 saturated carbocycles. The summed E-state index contributed by atoms with van der Waals surface area (Å²) in [5.74, 6) is 3.00. The molecule has 4 aliphatic carbocycles. The van der Waals surface area contributed by atoms with E-state index in [9.17, 15) is 4.79 Å². The zero-order valence-electron chi connectivity index (χ0n) is 14.8. The van der Waals surface area contributed by atoms with Crippen molar-refractivity contribution in [1.82, 2.24) is 4.98 Å². The van der Waals surface area contributed by atoms with E-state index in [2.05, 4.69) is 42.3 Å². The minimum Gasteiger partial charge on any atom is -0.295 e. The summed E-state index contributed by atoms with van der Waals surface area (Å²) >= 11 is 0. The third kappa shape index (κ3) is 2.23. The number of ketones is 1. The summed E-state index contributed by atoms with van der Waals surface area (Å²) < 4.78 is 0. The maximum absolute atomic E-state index is 11.8. The van der Waals surface area contributed by atoms with Gasteiger partial charge in [0.05, 0.1) is 0 Å². The monoisotopic (exact) mass is 331 g/mol. The molecule has 0 N–H and O–H groups in total. The molecule has 5 rings (SSSR count). The molecule has 0 unspecified atom stereocenters. The quantitative estimate of drug-likeness (QED) is 0.678. The van der Waals surface area contributed by atoms with Gasteiger partial charge in [-0.05, 0) is 72.1 Å². The summed E-state index contributed by atoms with van der Waals surface area (Å²) in [4.78, 5) is 16.1. The Morgan fingerprint density at radius 3 is 2.96 bits per heavy atom. The highest BCUT2D eigenvalue weighted by Gasteiger charge is 2.52. The zero-order chi connectivity index (χ0) is 17.0. The van der Waals surface area contributed by atoms with Crippen LogP contribution in [0.1, 0.15) is 44.6 Å². The van der Waals surface area contributed by atoms with Gasteiger partial charge in [-0.2, -0.15) is 0 Å². The highest BCUT2D eigenvalue weighted by molar-refractivity contribution is 5.93. The van der Waals surface area contributed by atoms with Crippen LogP contribution in [0, 0.1) is 29.1 Å². The molecular formula is C23H25NO. The lowest BCUT2D eigenvalue weighted by Crippen LogP contribution is -2.44. The van der Waals surface area contributed by atoms with Crippen molar-refractivity contribution in [2.24, 2.45) is 29.1 Å².